The van der Waals surface area contributed by atoms with E-state index in [9.17, 15) is 9.59 Å². The summed E-state index contributed by atoms with van der Waals surface area (Å²) in [5, 5.41) is 8.51. The average Bonchev–Trinajstić information content (AvgIpc) is 2.28. The number of nitriles is 1. The lowest BCUT2D eigenvalue weighted by Crippen LogP contribution is -2.38. The lowest BCUT2D eigenvalue weighted by atomic mass is 9.99. The van der Waals surface area contributed by atoms with Gasteiger partial charge in [-0.15, -0.1) is 0 Å². The molecule has 17 heavy (non-hydrogen) atoms. The summed E-state index contributed by atoms with van der Waals surface area (Å²) in [6.45, 7) is 3.08. The SMILES string of the molecule is CC(=O)O[C@@H]1C=C(C=O)[C@H](CCC#N)O[C@H]1C. The number of aldehydes is 1. The van der Waals surface area contributed by atoms with E-state index in [1.165, 1.54) is 6.92 Å². The van der Waals surface area contributed by atoms with Crippen molar-refractivity contribution in [1.82, 2.24) is 0 Å². The lowest BCUT2D eigenvalue weighted by molar-refractivity contribution is -0.154. The third-order valence-electron chi connectivity index (χ3n) is 2.53. The molecule has 0 saturated carbocycles. The zero-order valence-electron chi connectivity index (χ0n) is 9.88. The Morgan fingerprint density at radius 3 is 2.94 bits per heavy atom. The van der Waals surface area contributed by atoms with E-state index in [1.54, 1.807) is 13.0 Å². The smallest absolute Gasteiger partial charge is 0.303 e. The van der Waals surface area contributed by atoms with Crippen LogP contribution in [-0.2, 0) is 19.1 Å². The molecule has 3 atom stereocenters. The van der Waals surface area contributed by atoms with Crippen LogP contribution >= 0.6 is 0 Å². The van der Waals surface area contributed by atoms with Gasteiger partial charge < -0.3 is 9.47 Å². The third kappa shape index (κ3) is 3.68. The first-order valence-electron chi connectivity index (χ1n) is 5.45. The van der Waals surface area contributed by atoms with Gasteiger partial charge >= 0.3 is 5.97 Å². The van der Waals surface area contributed by atoms with Crippen molar-refractivity contribution in [2.75, 3.05) is 0 Å². The molecule has 0 aromatic heterocycles. The molecular formula is C12H15NO4. The second-order valence-corrected chi connectivity index (χ2v) is 3.89. The molecule has 0 amide bonds. The molecular weight excluding hydrogens is 222 g/mol. The van der Waals surface area contributed by atoms with Crippen molar-refractivity contribution < 1.29 is 19.1 Å². The number of nitrogens with zero attached hydrogens (tertiary/aromatic N) is 1. The molecule has 5 heteroatoms. The van der Waals surface area contributed by atoms with Crippen LogP contribution in [0.2, 0.25) is 0 Å². The molecule has 0 aromatic carbocycles. The third-order valence-corrected chi connectivity index (χ3v) is 2.53. The number of rotatable bonds is 4. The Balaban J connectivity index is 2.78. The fourth-order valence-electron chi connectivity index (χ4n) is 1.71. The minimum absolute atomic E-state index is 0.314. The summed E-state index contributed by atoms with van der Waals surface area (Å²) in [5.41, 5.74) is 0.435. The van der Waals surface area contributed by atoms with Crippen LogP contribution in [0, 0.1) is 11.3 Å². The van der Waals surface area contributed by atoms with Crippen molar-refractivity contribution in [3.8, 4) is 6.07 Å². The fourth-order valence-corrected chi connectivity index (χ4v) is 1.71. The largest absolute Gasteiger partial charge is 0.456 e. The number of hydrogen-bond acceptors (Lipinski definition) is 5. The maximum Gasteiger partial charge on any atom is 0.303 e. The highest BCUT2D eigenvalue weighted by atomic mass is 16.6. The summed E-state index contributed by atoms with van der Waals surface area (Å²) in [6, 6.07) is 2.01. The van der Waals surface area contributed by atoms with E-state index in [2.05, 4.69) is 0 Å². The summed E-state index contributed by atoms with van der Waals surface area (Å²) < 4.78 is 10.6. The normalized spacial score (nSPS) is 27.8. The van der Waals surface area contributed by atoms with Crippen molar-refractivity contribution in [3.05, 3.63) is 11.6 Å². The first-order chi connectivity index (χ1) is 8.08. The maximum absolute atomic E-state index is 10.9. The van der Waals surface area contributed by atoms with Crippen molar-refractivity contribution in [1.29, 1.82) is 5.26 Å². The van der Waals surface area contributed by atoms with Gasteiger partial charge in [-0.05, 0) is 19.4 Å². The van der Waals surface area contributed by atoms with Gasteiger partial charge in [-0.1, -0.05) is 0 Å². The van der Waals surface area contributed by atoms with Gasteiger partial charge in [0.2, 0.25) is 0 Å². The summed E-state index contributed by atoms with van der Waals surface area (Å²) >= 11 is 0. The van der Waals surface area contributed by atoms with Crippen molar-refractivity contribution in [3.63, 3.8) is 0 Å². The lowest BCUT2D eigenvalue weighted by Gasteiger charge is -2.31. The van der Waals surface area contributed by atoms with Crippen LogP contribution < -0.4 is 0 Å². The Hall–Kier alpha value is -1.67. The number of carbonyl (C=O) groups is 2. The molecule has 0 unspecified atom stereocenters. The standard InChI is InChI=1S/C12H15NO4/c1-8-12(17-9(2)15)6-10(7-14)11(16-8)4-3-5-13/h6-8,11-12H,3-4H2,1-2H3/t8-,11-,12+/m0/s1. The molecule has 0 saturated heterocycles. The zero-order chi connectivity index (χ0) is 12.8. The van der Waals surface area contributed by atoms with Gasteiger partial charge in [-0.25, -0.2) is 0 Å². The molecule has 0 radical (unpaired) electrons. The number of esters is 1. The topological polar surface area (TPSA) is 76.4 Å². The summed E-state index contributed by atoms with van der Waals surface area (Å²) in [5.74, 6) is -0.414. The summed E-state index contributed by atoms with van der Waals surface area (Å²) in [6.07, 6.45) is 1.85. The average molecular weight is 237 g/mol. The Bertz CT molecular complexity index is 369. The van der Waals surface area contributed by atoms with Gasteiger partial charge in [0, 0.05) is 18.9 Å². The van der Waals surface area contributed by atoms with Crippen molar-refractivity contribution >= 4 is 12.3 Å². The molecule has 5 nitrogen and oxygen atoms in total. The Kier molecular flexibility index (Phi) is 4.85. The summed E-state index contributed by atoms with van der Waals surface area (Å²) in [7, 11) is 0. The first kappa shape index (κ1) is 13.4. The van der Waals surface area contributed by atoms with Crippen LogP contribution in [0.15, 0.2) is 11.6 Å². The molecule has 0 aromatic rings. The quantitative estimate of drug-likeness (QED) is 0.541. The molecule has 0 fully saturated rings. The Morgan fingerprint density at radius 1 is 1.71 bits per heavy atom. The van der Waals surface area contributed by atoms with Crippen LogP contribution in [0.4, 0.5) is 0 Å². The second kappa shape index (κ2) is 6.16. The zero-order valence-corrected chi connectivity index (χ0v) is 9.88. The van der Waals surface area contributed by atoms with Gasteiger partial charge in [0.1, 0.15) is 12.4 Å². The highest BCUT2D eigenvalue weighted by Gasteiger charge is 2.30. The minimum Gasteiger partial charge on any atom is -0.456 e. The highest BCUT2D eigenvalue weighted by Crippen LogP contribution is 2.23. The number of hydrogen-bond donors (Lipinski definition) is 0. The molecule has 1 aliphatic heterocycles. The van der Waals surface area contributed by atoms with E-state index in [-0.39, 0.29) is 12.2 Å². The van der Waals surface area contributed by atoms with E-state index >= 15 is 0 Å². The van der Waals surface area contributed by atoms with Gasteiger partial charge in [0.25, 0.3) is 0 Å². The minimum atomic E-state index is -0.536. The number of ether oxygens (including phenoxy) is 2. The van der Waals surface area contributed by atoms with E-state index in [1.807, 2.05) is 6.07 Å². The predicted molar refractivity (Wildman–Crippen MR) is 58.9 cm³/mol. The van der Waals surface area contributed by atoms with Crippen LogP contribution in [0.25, 0.3) is 0 Å². The molecule has 0 aliphatic carbocycles. The Morgan fingerprint density at radius 2 is 2.41 bits per heavy atom. The first-order valence-corrected chi connectivity index (χ1v) is 5.45. The second-order valence-electron chi connectivity index (χ2n) is 3.89. The van der Waals surface area contributed by atoms with Crippen LogP contribution in [0.5, 0.6) is 0 Å². The van der Waals surface area contributed by atoms with E-state index < -0.39 is 12.1 Å². The molecule has 1 aliphatic rings. The molecule has 1 rings (SSSR count). The van der Waals surface area contributed by atoms with E-state index in [4.69, 9.17) is 14.7 Å². The fraction of sp³-hybridized carbons (Fsp3) is 0.583. The molecule has 92 valence electrons. The van der Waals surface area contributed by atoms with Gasteiger partial charge in [0.05, 0.1) is 18.3 Å². The maximum atomic E-state index is 10.9. The van der Waals surface area contributed by atoms with Crippen molar-refractivity contribution in [2.24, 2.45) is 0 Å². The van der Waals surface area contributed by atoms with Gasteiger partial charge in [-0.3, -0.25) is 9.59 Å². The van der Waals surface area contributed by atoms with Crippen molar-refractivity contribution in [2.45, 2.75) is 45.0 Å². The molecule has 0 spiro atoms. The highest BCUT2D eigenvalue weighted by molar-refractivity contribution is 5.75. The molecule has 0 N–H and O–H groups in total. The Labute approximate surface area is 100 Å². The molecule has 0 bridgehead atoms. The van der Waals surface area contributed by atoms with Crippen LogP contribution in [0.3, 0.4) is 0 Å². The van der Waals surface area contributed by atoms with Crippen LogP contribution in [-0.4, -0.2) is 30.6 Å². The molecule has 1 heterocycles. The van der Waals surface area contributed by atoms with E-state index in [0.717, 1.165) is 0 Å². The van der Waals surface area contributed by atoms with Gasteiger partial charge in [-0.2, -0.15) is 5.26 Å². The number of carbonyl (C=O) groups excluding carboxylic acids is 2. The van der Waals surface area contributed by atoms with Crippen LogP contribution in [0.1, 0.15) is 26.7 Å². The predicted octanol–water partition coefficient (Wildman–Crippen LogP) is 1.13. The van der Waals surface area contributed by atoms with E-state index in [0.29, 0.717) is 24.7 Å². The summed E-state index contributed by atoms with van der Waals surface area (Å²) in [4.78, 5) is 21.8. The monoisotopic (exact) mass is 237 g/mol. The van der Waals surface area contributed by atoms with Gasteiger partial charge in [0.15, 0.2) is 0 Å².